The molecule has 0 spiro atoms. The maximum Gasteiger partial charge on any atom is 0.277 e. The van der Waals surface area contributed by atoms with Crippen LogP contribution in [-0.4, -0.2) is 20.7 Å². The van der Waals surface area contributed by atoms with Crippen molar-refractivity contribution in [3.05, 3.63) is 76.7 Å². The van der Waals surface area contributed by atoms with Crippen molar-refractivity contribution in [2.45, 2.75) is 19.9 Å². The molecule has 4 aromatic rings. The van der Waals surface area contributed by atoms with Gasteiger partial charge in [-0.2, -0.15) is 5.10 Å². The minimum atomic E-state index is -0.408. The fraction of sp³-hybridized carbons (Fsp3) is 0.143. The normalized spacial score (nSPS) is 10.8. The SMILES string of the molecule is CCCn1nc(C(=O)Nc2nc3ccc(Oc4ccccc4)cc3s2)ccc1=O. The zero-order chi connectivity index (χ0) is 20.2. The van der Waals surface area contributed by atoms with E-state index in [0.29, 0.717) is 17.4 Å². The second-order valence-corrected chi connectivity index (χ2v) is 7.33. The summed E-state index contributed by atoms with van der Waals surface area (Å²) in [6, 6.07) is 17.8. The van der Waals surface area contributed by atoms with Crippen LogP contribution in [0.5, 0.6) is 11.5 Å². The van der Waals surface area contributed by atoms with E-state index >= 15 is 0 Å². The predicted octanol–water partition coefficient (Wildman–Crippen LogP) is 4.31. The van der Waals surface area contributed by atoms with Gasteiger partial charge in [-0.25, -0.2) is 9.67 Å². The molecule has 2 heterocycles. The van der Waals surface area contributed by atoms with Crippen LogP contribution in [0.3, 0.4) is 0 Å². The molecule has 0 saturated heterocycles. The Morgan fingerprint density at radius 3 is 2.72 bits per heavy atom. The van der Waals surface area contributed by atoms with Gasteiger partial charge in [0.15, 0.2) is 5.13 Å². The van der Waals surface area contributed by atoms with Crippen molar-refractivity contribution in [3.63, 3.8) is 0 Å². The maximum absolute atomic E-state index is 12.5. The molecule has 2 aromatic carbocycles. The molecule has 0 aliphatic rings. The topological polar surface area (TPSA) is 86.1 Å². The molecular formula is C21H18N4O3S. The first-order chi connectivity index (χ1) is 14.1. The van der Waals surface area contributed by atoms with Gasteiger partial charge in [-0.3, -0.25) is 14.9 Å². The quantitative estimate of drug-likeness (QED) is 0.516. The molecule has 146 valence electrons. The number of ether oxygens (including phenoxy) is 1. The predicted molar refractivity (Wildman–Crippen MR) is 113 cm³/mol. The number of carbonyl (C=O) groups is 1. The Kier molecular flexibility index (Phi) is 5.35. The highest BCUT2D eigenvalue weighted by Gasteiger charge is 2.13. The molecular weight excluding hydrogens is 388 g/mol. The van der Waals surface area contributed by atoms with Gasteiger partial charge in [-0.05, 0) is 36.8 Å². The Hall–Kier alpha value is -3.52. The van der Waals surface area contributed by atoms with E-state index in [2.05, 4.69) is 15.4 Å². The summed E-state index contributed by atoms with van der Waals surface area (Å²) >= 11 is 1.34. The number of hydrogen-bond acceptors (Lipinski definition) is 6. The van der Waals surface area contributed by atoms with Gasteiger partial charge < -0.3 is 4.74 Å². The lowest BCUT2D eigenvalue weighted by molar-refractivity contribution is 0.102. The molecule has 0 unspecified atom stereocenters. The summed E-state index contributed by atoms with van der Waals surface area (Å²) in [5.74, 6) is 1.03. The molecule has 0 saturated carbocycles. The number of nitrogens with zero attached hydrogens (tertiary/aromatic N) is 3. The van der Waals surface area contributed by atoms with E-state index < -0.39 is 5.91 Å². The van der Waals surface area contributed by atoms with Gasteiger partial charge in [0.05, 0.1) is 10.2 Å². The van der Waals surface area contributed by atoms with Gasteiger partial charge in [0.25, 0.3) is 11.5 Å². The molecule has 0 bridgehead atoms. The summed E-state index contributed by atoms with van der Waals surface area (Å²) in [5, 5.41) is 7.33. The number of carbonyl (C=O) groups excluding carboxylic acids is 1. The van der Waals surface area contributed by atoms with Crippen LogP contribution in [0.25, 0.3) is 10.2 Å². The van der Waals surface area contributed by atoms with E-state index in [4.69, 9.17) is 4.74 Å². The highest BCUT2D eigenvalue weighted by molar-refractivity contribution is 7.22. The third-order valence-corrected chi connectivity index (χ3v) is 5.03. The van der Waals surface area contributed by atoms with E-state index in [1.54, 1.807) is 0 Å². The first kappa shape index (κ1) is 18.8. The molecule has 8 heteroatoms. The number of para-hydroxylation sites is 1. The van der Waals surface area contributed by atoms with Gasteiger partial charge in [-0.1, -0.05) is 36.5 Å². The van der Waals surface area contributed by atoms with Crippen molar-refractivity contribution in [1.82, 2.24) is 14.8 Å². The fourth-order valence-electron chi connectivity index (χ4n) is 2.75. The monoisotopic (exact) mass is 406 g/mol. The highest BCUT2D eigenvalue weighted by Crippen LogP contribution is 2.31. The molecule has 1 amide bonds. The molecule has 0 aliphatic heterocycles. The zero-order valence-corrected chi connectivity index (χ0v) is 16.5. The summed E-state index contributed by atoms with van der Waals surface area (Å²) in [5.41, 5.74) is 0.703. The van der Waals surface area contributed by atoms with Gasteiger partial charge in [-0.15, -0.1) is 0 Å². The van der Waals surface area contributed by atoms with E-state index in [0.717, 1.165) is 22.4 Å². The number of thiazole rings is 1. The van der Waals surface area contributed by atoms with Gasteiger partial charge in [0.2, 0.25) is 0 Å². The van der Waals surface area contributed by atoms with E-state index in [-0.39, 0.29) is 11.3 Å². The lowest BCUT2D eigenvalue weighted by atomic mass is 10.3. The second-order valence-electron chi connectivity index (χ2n) is 6.30. The highest BCUT2D eigenvalue weighted by atomic mass is 32.1. The van der Waals surface area contributed by atoms with Crippen LogP contribution < -0.4 is 15.6 Å². The van der Waals surface area contributed by atoms with Crippen LogP contribution in [0.1, 0.15) is 23.8 Å². The fourth-order valence-corrected chi connectivity index (χ4v) is 3.64. The van der Waals surface area contributed by atoms with Gasteiger partial charge in [0, 0.05) is 18.7 Å². The smallest absolute Gasteiger partial charge is 0.277 e. The Balaban J connectivity index is 1.53. The van der Waals surface area contributed by atoms with E-state index in [1.165, 1.54) is 28.2 Å². The summed E-state index contributed by atoms with van der Waals surface area (Å²) < 4.78 is 8.02. The van der Waals surface area contributed by atoms with E-state index in [9.17, 15) is 9.59 Å². The molecule has 0 fully saturated rings. The number of hydrogen-bond donors (Lipinski definition) is 1. The lowest BCUT2D eigenvalue weighted by Crippen LogP contribution is -2.26. The van der Waals surface area contributed by atoms with E-state index in [1.807, 2.05) is 55.5 Å². The van der Waals surface area contributed by atoms with Crippen molar-refractivity contribution >= 4 is 32.6 Å². The van der Waals surface area contributed by atoms with Crippen LogP contribution >= 0.6 is 11.3 Å². The van der Waals surface area contributed by atoms with Gasteiger partial charge in [0.1, 0.15) is 17.2 Å². The van der Waals surface area contributed by atoms with Crippen LogP contribution in [0.4, 0.5) is 5.13 Å². The Labute approximate surface area is 170 Å². The second kappa shape index (κ2) is 8.24. The Morgan fingerprint density at radius 2 is 1.93 bits per heavy atom. The minimum Gasteiger partial charge on any atom is -0.457 e. The molecule has 7 nitrogen and oxygen atoms in total. The molecule has 0 aliphatic carbocycles. The maximum atomic E-state index is 12.5. The number of fused-ring (bicyclic) bond motifs is 1. The summed E-state index contributed by atoms with van der Waals surface area (Å²) in [7, 11) is 0. The number of aryl methyl sites for hydroxylation is 1. The number of benzene rings is 2. The number of aromatic nitrogens is 3. The van der Waals surface area contributed by atoms with Crippen molar-refractivity contribution in [2.24, 2.45) is 0 Å². The average Bonchev–Trinajstić information content (AvgIpc) is 3.12. The largest absolute Gasteiger partial charge is 0.457 e. The Morgan fingerprint density at radius 1 is 1.10 bits per heavy atom. The van der Waals surface area contributed by atoms with Crippen molar-refractivity contribution in [3.8, 4) is 11.5 Å². The van der Waals surface area contributed by atoms with Crippen LogP contribution in [0, 0.1) is 0 Å². The molecule has 0 atom stereocenters. The molecule has 29 heavy (non-hydrogen) atoms. The number of amides is 1. The summed E-state index contributed by atoms with van der Waals surface area (Å²) in [6.45, 7) is 2.41. The summed E-state index contributed by atoms with van der Waals surface area (Å²) in [6.07, 6.45) is 0.753. The van der Waals surface area contributed by atoms with Crippen molar-refractivity contribution in [2.75, 3.05) is 5.32 Å². The first-order valence-corrected chi connectivity index (χ1v) is 9.97. The number of nitrogens with one attached hydrogen (secondary N) is 1. The minimum absolute atomic E-state index is 0.172. The van der Waals surface area contributed by atoms with Crippen molar-refractivity contribution < 1.29 is 9.53 Å². The molecule has 1 N–H and O–H groups in total. The van der Waals surface area contributed by atoms with Crippen LogP contribution in [0.2, 0.25) is 0 Å². The summed E-state index contributed by atoms with van der Waals surface area (Å²) in [4.78, 5) is 28.7. The lowest BCUT2D eigenvalue weighted by Gasteiger charge is -2.05. The van der Waals surface area contributed by atoms with Crippen molar-refractivity contribution in [1.29, 1.82) is 0 Å². The average molecular weight is 406 g/mol. The standard InChI is InChI=1S/C21H18N4O3S/c1-2-12-25-19(26)11-10-17(24-25)20(27)23-21-22-16-9-8-15(13-18(16)29-21)28-14-6-4-3-5-7-14/h3-11,13H,2,12H2,1H3,(H,22,23,27). The molecule has 4 rings (SSSR count). The Bertz CT molecular complexity index is 1220. The zero-order valence-electron chi connectivity index (χ0n) is 15.7. The third kappa shape index (κ3) is 4.33. The first-order valence-electron chi connectivity index (χ1n) is 9.15. The van der Waals surface area contributed by atoms with Gasteiger partial charge >= 0.3 is 0 Å². The number of rotatable bonds is 6. The third-order valence-electron chi connectivity index (χ3n) is 4.09. The van der Waals surface area contributed by atoms with Crippen LogP contribution in [-0.2, 0) is 6.54 Å². The van der Waals surface area contributed by atoms with Crippen LogP contribution in [0.15, 0.2) is 65.5 Å². The molecule has 0 radical (unpaired) electrons. The number of anilines is 1. The molecule has 2 aromatic heterocycles.